The monoisotopic (exact) mass is 296 g/mol. The van der Waals surface area contributed by atoms with Crippen LogP contribution in [0.3, 0.4) is 0 Å². The fourth-order valence-electron chi connectivity index (χ4n) is 2.61. The van der Waals surface area contributed by atoms with E-state index in [0.29, 0.717) is 12.1 Å². The van der Waals surface area contributed by atoms with Crippen molar-refractivity contribution < 1.29 is 0 Å². The van der Waals surface area contributed by atoms with Crippen molar-refractivity contribution in [3.63, 3.8) is 0 Å². The van der Waals surface area contributed by atoms with Gasteiger partial charge in [0.15, 0.2) is 0 Å². The van der Waals surface area contributed by atoms with Gasteiger partial charge in [-0.25, -0.2) is 4.98 Å². The summed E-state index contributed by atoms with van der Waals surface area (Å²) in [6, 6.07) is 0.971. The van der Waals surface area contributed by atoms with Crippen molar-refractivity contribution in [1.29, 1.82) is 0 Å². The third-order valence-corrected chi connectivity index (χ3v) is 4.99. The van der Waals surface area contributed by atoms with E-state index in [9.17, 15) is 0 Å². The molecule has 1 aromatic heterocycles. The number of nitrogens with zero attached hydrogens (tertiary/aromatic N) is 3. The molecule has 2 rings (SSSR count). The van der Waals surface area contributed by atoms with Gasteiger partial charge in [0.2, 0.25) is 0 Å². The van der Waals surface area contributed by atoms with Crippen LogP contribution in [0.25, 0.3) is 0 Å². The number of aromatic nitrogens is 1. The minimum absolute atomic E-state index is 0.367. The molecule has 2 unspecified atom stereocenters. The van der Waals surface area contributed by atoms with Crippen molar-refractivity contribution in [2.75, 3.05) is 40.3 Å². The fraction of sp³-hybridized carbons (Fsp3) is 0.800. The van der Waals surface area contributed by atoms with E-state index >= 15 is 0 Å². The number of hydrogen-bond acceptors (Lipinski definition) is 5. The first kappa shape index (κ1) is 15.9. The van der Waals surface area contributed by atoms with E-state index in [1.165, 1.54) is 23.7 Å². The minimum Gasteiger partial charge on any atom is -0.309 e. The van der Waals surface area contributed by atoms with Crippen LogP contribution in [0.1, 0.15) is 37.0 Å². The molecule has 2 heterocycles. The Morgan fingerprint density at radius 3 is 3.00 bits per heavy atom. The van der Waals surface area contributed by atoms with Crippen molar-refractivity contribution in [2.24, 2.45) is 0 Å². The van der Waals surface area contributed by atoms with Gasteiger partial charge in [0.25, 0.3) is 0 Å². The lowest BCUT2D eigenvalue weighted by Gasteiger charge is -2.37. The van der Waals surface area contributed by atoms with Crippen LogP contribution < -0.4 is 5.32 Å². The molecule has 1 aliphatic heterocycles. The van der Waals surface area contributed by atoms with Gasteiger partial charge in [-0.15, -0.1) is 11.3 Å². The lowest BCUT2D eigenvalue weighted by Crippen LogP contribution is -2.50. The van der Waals surface area contributed by atoms with Crippen molar-refractivity contribution in [2.45, 2.75) is 38.8 Å². The molecular weight excluding hydrogens is 268 g/mol. The second kappa shape index (κ2) is 7.50. The molecular formula is C15H28N4S. The van der Waals surface area contributed by atoms with Crippen molar-refractivity contribution in [3.05, 3.63) is 16.1 Å². The highest BCUT2D eigenvalue weighted by molar-refractivity contribution is 7.09. The molecule has 0 saturated carbocycles. The Balaban J connectivity index is 1.91. The second-order valence-electron chi connectivity index (χ2n) is 5.94. The highest BCUT2D eigenvalue weighted by atomic mass is 32.1. The van der Waals surface area contributed by atoms with E-state index < -0.39 is 0 Å². The summed E-state index contributed by atoms with van der Waals surface area (Å²) in [7, 11) is 4.45. The third kappa shape index (κ3) is 4.25. The summed E-state index contributed by atoms with van der Waals surface area (Å²) in [5.41, 5.74) is 1.20. The van der Waals surface area contributed by atoms with E-state index in [1.54, 1.807) is 0 Å². The number of piperazine rings is 1. The van der Waals surface area contributed by atoms with E-state index in [4.69, 9.17) is 4.98 Å². The van der Waals surface area contributed by atoms with Crippen LogP contribution >= 0.6 is 11.3 Å². The van der Waals surface area contributed by atoms with Crippen LogP contribution in [0.4, 0.5) is 0 Å². The largest absolute Gasteiger partial charge is 0.309 e. The number of nitrogens with one attached hydrogen (secondary N) is 1. The number of hydrogen-bond donors (Lipinski definition) is 1. The van der Waals surface area contributed by atoms with Gasteiger partial charge in [0.05, 0.1) is 10.7 Å². The molecule has 1 fully saturated rings. The first-order valence-corrected chi connectivity index (χ1v) is 8.54. The number of likely N-dealkylation sites (N-methyl/N-ethyl adjacent to an activating group) is 2. The highest BCUT2D eigenvalue weighted by Crippen LogP contribution is 2.20. The maximum absolute atomic E-state index is 4.83. The Labute approximate surface area is 127 Å². The summed E-state index contributed by atoms with van der Waals surface area (Å²) in [5, 5.41) is 7.00. The van der Waals surface area contributed by atoms with Gasteiger partial charge in [0.1, 0.15) is 0 Å². The molecule has 1 aliphatic rings. The molecule has 0 radical (unpaired) electrons. The minimum atomic E-state index is 0.367. The van der Waals surface area contributed by atoms with Gasteiger partial charge in [-0.2, -0.15) is 0 Å². The summed E-state index contributed by atoms with van der Waals surface area (Å²) in [6.45, 7) is 8.94. The Morgan fingerprint density at radius 1 is 1.45 bits per heavy atom. The van der Waals surface area contributed by atoms with Crippen molar-refractivity contribution >= 4 is 11.3 Å². The summed E-state index contributed by atoms with van der Waals surface area (Å²) >= 11 is 1.81. The molecule has 0 bridgehead atoms. The van der Waals surface area contributed by atoms with Crippen LogP contribution in [0.15, 0.2) is 5.38 Å². The Bertz CT molecular complexity index is 406. The van der Waals surface area contributed by atoms with Gasteiger partial charge in [-0.05, 0) is 34.0 Å². The van der Waals surface area contributed by atoms with Crippen molar-refractivity contribution in [1.82, 2.24) is 20.1 Å². The van der Waals surface area contributed by atoms with E-state index in [1.807, 2.05) is 11.3 Å². The SMILES string of the molecule is CCCNC(C)c1csc(CC2CN(C)CCN2C)n1. The maximum Gasteiger partial charge on any atom is 0.0945 e. The first-order valence-electron chi connectivity index (χ1n) is 7.66. The van der Waals surface area contributed by atoms with Crippen LogP contribution in [0.2, 0.25) is 0 Å². The first-order chi connectivity index (χ1) is 9.60. The zero-order valence-electron chi connectivity index (χ0n) is 13.2. The molecule has 1 saturated heterocycles. The summed E-state index contributed by atoms with van der Waals surface area (Å²) in [4.78, 5) is 9.72. The third-order valence-electron chi connectivity index (χ3n) is 4.10. The molecule has 114 valence electrons. The zero-order chi connectivity index (χ0) is 14.5. The molecule has 2 atom stereocenters. The Morgan fingerprint density at radius 2 is 2.25 bits per heavy atom. The van der Waals surface area contributed by atoms with Gasteiger partial charge < -0.3 is 15.1 Å². The lowest BCUT2D eigenvalue weighted by atomic mass is 10.1. The van der Waals surface area contributed by atoms with E-state index in [-0.39, 0.29) is 0 Å². The molecule has 1 N–H and O–H groups in total. The molecule has 0 aliphatic carbocycles. The molecule has 5 heteroatoms. The van der Waals surface area contributed by atoms with Crippen LogP contribution in [0.5, 0.6) is 0 Å². The van der Waals surface area contributed by atoms with E-state index in [0.717, 1.165) is 26.1 Å². The maximum atomic E-state index is 4.83. The summed E-state index contributed by atoms with van der Waals surface area (Å²) in [5.74, 6) is 0. The molecule has 4 nitrogen and oxygen atoms in total. The molecule has 0 amide bonds. The second-order valence-corrected chi connectivity index (χ2v) is 6.89. The Hall–Kier alpha value is -0.490. The average molecular weight is 296 g/mol. The average Bonchev–Trinajstić information content (AvgIpc) is 2.89. The van der Waals surface area contributed by atoms with Crippen LogP contribution in [0, 0.1) is 0 Å². The Kier molecular flexibility index (Phi) is 5.96. The summed E-state index contributed by atoms with van der Waals surface area (Å²) in [6.07, 6.45) is 2.24. The van der Waals surface area contributed by atoms with Crippen molar-refractivity contribution in [3.8, 4) is 0 Å². The predicted molar refractivity (Wildman–Crippen MR) is 86.4 cm³/mol. The molecule has 20 heavy (non-hydrogen) atoms. The molecule has 0 aromatic carbocycles. The quantitative estimate of drug-likeness (QED) is 0.870. The van der Waals surface area contributed by atoms with Crippen LogP contribution in [-0.2, 0) is 6.42 Å². The molecule has 1 aromatic rings. The predicted octanol–water partition coefficient (Wildman–Crippen LogP) is 1.99. The lowest BCUT2D eigenvalue weighted by molar-refractivity contribution is 0.114. The smallest absolute Gasteiger partial charge is 0.0945 e. The van der Waals surface area contributed by atoms with E-state index in [2.05, 4.69) is 48.4 Å². The van der Waals surface area contributed by atoms with Crippen LogP contribution in [-0.4, -0.2) is 61.1 Å². The molecule has 0 spiro atoms. The normalized spacial score (nSPS) is 23.1. The number of rotatable bonds is 6. The topological polar surface area (TPSA) is 31.4 Å². The highest BCUT2D eigenvalue weighted by Gasteiger charge is 2.23. The fourth-order valence-corrected chi connectivity index (χ4v) is 3.57. The zero-order valence-corrected chi connectivity index (χ0v) is 14.0. The summed E-state index contributed by atoms with van der Waals surface area (Å²) < 4.78 is 0. The van der Waals surface area contributed by atoms with Gasteiger partial charge in [-0.1, -0.05) is 6.92 Å². The standard InChI is InChI=1S/C15H28N4S/c1-5-6-16-12(2)14-11-20-15(17-14)9-13-10-18(3)7-8-19(13)4/h11-13,16H,5-10H2,1-4H3. The van der Waals surface area contributed by atoms with Gasteiger partial charge >= 0.3 is 0 Å². The van der Waals surface area contributed by atoms with Gasteiger partial charge in [-0.3, -0.25) is 0 Å². The van der Waals surface area contributed by atoms with Gasteiger partial charge in [0, 0.05) is 43.5 Å². The number of thiazole rings is 1.